The van der Waals surface area contributed by atoms with E-state index in [1.165, 1.54) is 0 Å². The van der Waals surface area contributed by atoms with Gasteiger partial charge in [0, 0.05) is 25.0 Å². The summed E-state index contributed by atoms with van der Waals surface area (Å²) in [5.41, 5.74) is 6.60. The monoisotopic (exact) mass is 339 g/mol. The molecule has 1 atom stereocenters. The van der Waals surface area contributed by atoms with Crippen molar-refractivity contribution in [3.63, 3.8) is 0 Å². The maximum absolute atomic E-state index is 12.8. The molecule has 1 fully saturated rings. The number of pyridine rings is 1. The van der Waals surface area contributed by atoms with Crippen molar-refractivity contribution >= 4 is 16.8 Å². The maximum Gasteiger partial charge on any atom is 0.415 e. The van der Waals surface area contributed by atoms with Crippen LogP contribution in [0.4, 0.5) is 13.2 Å². The predicted molar refractivity (Wildman–Crippen MR) is 81.3 cm³/mol. The number of alkyl halides is 3. The number of rotatable bonds is 3. The van der Waals surface area contributed by atoms with Crippen molar-refractivity contribution in [2.24, 2.45) is 5.73 Å². The lowest BCUT2D eigenvalue weighted by Crippen LogP contribution is -2.48. The van der Waals surface area contributed by atoms with E-state index in [2.05, 4.69) is 4.98 Å². The summed E-state index contributed by atoms with van der Waals surface area (Å²) < 4.78 is 43.3. The molecule has 0 radical (unpaired) electrons. The molecule has 1 unspecified atom stereocenters. The normalized spacial score (nSPS) is 19.5. The molecule has 1 aliphatic rings. The lowest BCUT2D eigenvalue weighted by atomic mass is 10.1. The number of carbonyl (C=O) groups excluding carboxylic acids is 1. The Labute approximate surface area is 136 Å². The van der Waals surface area contributed by atoms with Crippen LogP contribution in [0.2, 0.25) is 0 Å². The van der Waals surface area contributed by atoms with Gasteiger partial charge in [0.1, 0.15) is 5.69 Å². The largest absolute Gasteiger partial charge is 0.415 e. The van der Waals surface area contributed by atoms with Crippen molar-refractivity contribution in [3.8, 4) is 0 Å². The minimum atomic E-state index is -4.41. The van der Waals surface area contributed by atoms with Crippen molar-refractivity contribution in [2.45, 2.75) is 18.8 Å². The highest BCUT2D eigenvalue weighted by Gasteiger charge is 2.43. The lowest BCUT2D eigenvalue weighted by Gasteiger charge is -2.34. The third-order valence-electron chi connectivity index (χ3n) is 3.95. The smallest absolute Gasteiger partial charge is 0.366 e. The first-order valence-electron chi connectivity index (χ1n) is 7.44. The first-order chi connectivity index (χ1) is 11.3. The van der Waals surface area contributed by atoms with Crippen LogP contribution in [-0.2, 0) is 11.3 Å². The zero-order valence-electron chi connectivity index (χ0n) is 12.7. The summed E-state index contributed by atoms with van der Waals surface area (Å²) in [4.78, 5) is 17.5. The third-order valence-corrected chi connectivity index (χ3v) is 3.95. The summed E-state index contributed by atoms with van der Waals surface area (Å²) >= 11 is 0. The van der Waals surface area contributed by atoms with Crippen molar-refractivity contribution in [1.29, 1.82) is 0 Å². The molecule has 0 bridgehead atoms. The first kappa shape index (κ1) is 16.7. The second-order valence-electron chi connectivity index (χ2n) is 5.69. The molecule has 0 saturated carbocycles. The Morgan fingerprint density at radius 3 is 2.83 bits per heavy atom. The number of halogens is 3. The molecule has 2 N–H and O–H groups in total. The van der Waals surface area contributed by atoms with E-state index in [1.807, 2.05) is 12.1 Å². The topological polar surface area (TPSA) is 68.5 Å². The highest BCUT2D eigenvalue weighted by molar-refractivity contribution is 5.95. The number of morpholine rings is 1. The number of benzene rings is 1. The Kier molecular flexibility index (Phi) is 4.42. The van der Waals surface area contributed by atoms with Gasteiger partial charge in [0.2, 0.25) is 0 Å². The second-order valence-corrected chi connectivity index (χ2v) is 5.69. The Balaban J connectivity index is 1.88. The van der Waals surface area contributed by atoms with Crippen LogP contribution >= 0.6 is 0 Å². The third kappa shape index (κ3) is 3.49. The molecule has 1 saturated heterocycles. The highest BCUT2D eigenvalue weighted by Crippen LogP contribution is 2.27. The summed E-state index contributed by atoms with van der Waals surface area (Å²) in [7, 11) is 0. The average molecular weight is 339 g/mol. The van der Waals surface area contributed by atoms with E-state index in [-0.39, 0.29) is 25.4 Å². The molecule has 1 aromatic carbocycles. The van der Waals surface area contributed by atoms with Crippen LogP contribution in [0.3, 0.4) is 0 Å². The van der Waals surface area contributed by atoms with Gasteiger partial charge in [-0.05, 0) is 17.7 Å². The Bertz CT molecular complexity index is 764. The SMILES string of the molecule is NC(=O)c1nc2ccccc2cc1CN1CCOC(C(F)(F)F)C1. The molecule has 1 aromatic heterocycles. The van der Waals surface area contributed by atoms with Gasteiger partial charge in [-0.1, -0.05) is 18.2 Å². The number of aromatic nitrogens is 1. The number of nitrogens with zero attached hydrogens (tertiary/aromatic N) is 2. The summed E-state index contributed by atoms with van der Waals surface area (Å²) in [6, 6.07) is 8.94. The number of hydrogen-bond acceptors (Lipinski definition) is 4. The fourth-order valence-electron chi connectivity index (χ4n) is 2.78. The van der Waals surface area contributed by atoms with Gasteiger partial charge in [0.25, 0.3) is 5.91 Å². The van der Waals surface area contributed by atoms with E-state index >= 15 is 0 Å². The highest BCUT2D eigenvalue weighted by atomic mass is 19.4. The molecule has 128 valence electrons. The van der Waals surface area contributed by atoms with Crippen LogP contribution in [0.25, 0.3) is 10.9 Å². The van der Waals surface area contributed by atoms with Crippen LogP contribution in [0.1, 0.15) is 16.1 Å². The summed E-state index contributed by atoms with van der Waals surface area (Å²) in [5.74, 6) is -0.698. The first-order valence-corrected chi connectivity index (χ1v) is 7.44. The number of para-hydroxylation sites is 1. The number of nitrogens with two attached hydrogens (primary N) is 1. The Hall–Kier alpha value is -2.19. The maximum atomic E-state index is 12.8. The van der Waals surface area contributed by atoms with Crippen molar-refractivity contribution in [2.75, 3.05) is 19.7 Å². The number of carbonyl (C=O) groups is 1. The number of fused-ring (bicyclic) bond motifs is 1. The van der Waals surface area contributed by atoms with Gasteiger partial charge in [-0.15, -0.1) is 0 Å². The van der Waals surface area contributed by atoms with E-state index in [4.69, 9.17) is 10.5 Å². The molecule has 2 aromatic rings. The van der Waals surface area contributed by atoms with E-state index in [1.54, 1.807) is 23.1 Å². The molecule has 2 heterocycles. The number of amides is 1. The molecule has 1 aliphatic heterocycles. The molecular formula is C16H16F3N3O2. The van der Waals surface area contributed by atoms with Gasteiger partial charge in [0.15, 0.2) is 6.10 Å². The van der Waals surface area contributed by atoms with Gasteiger partial charge in [0.05, 0.1) is 12.1 Å². The van der Waals surface area contributed by atoms with E-state index in [0.717, 1.165) is 5.39 Å². The summed E-state index contributed by atoms with van der Waals surface area (Å²) in [5, 5.41) is 0.804. The fraction of sp³-hybridized carbons (Fsp3) is 0.375. The van der Waals surface area contributed by atoms with Crippen LogP contribution in [0, 0.1) is 0 Å². The van der Waals surface area contributed by atoms with Gasteiger partial charge in [-0.25, -0.2) is 4.98 Å². The van der Waals surface area contributed by atoms with Gasteiger partial charge < -0.3 is 10.5 Å². The Morgan fingerprint density at radius 2 is 2.12 bits per heavy atom. The van der Waals surface area contributed by atoms with E-state index < -0.39 is 18.2 Å². The van der Waals surface area contributed by atoms with E-state index in [9.17, 15) is 18.0 Å². The Morgan fingerprint density at radius 1 is 1.38 bits per heavy atom. The van der Waals surface area contributed by atoms with Crippen LogP contribution in [-0.4, -0.2) is 47.8 Å². The van der Waals surface area contributed by atoms with Crippen molar-refractivity contribution < 1.29 is 22.7 Å². The quantitative estimate of drug-likeness (QED) is 0.930. The minimum Gasteiger partial charge on any atom is -0.366 e. The van der Waals surface area contributed by atoms with Crippen molar-refractivity contribution in [3.05, 3.63) is 41.6 Å². The molecule has 0 spiro atoms. The predicted octanol–water partition coefficient (Wildman–Crippen LogP) is 2.10. The number of ether oxygens (including phenoxy) is 1. The van der Waals surface area contributed by atoms with Crippen molar-refractivity contribution in [1.82, 2.24) is 9.88 Å². The van der Waals surface area contributed by atoms with Gasteiger partial charge in [-0.3, -0.25) is 9.69 Å². The van der Waals surface area contributed by atoms with E-state index in [0.29, 0.717) is 17.6 Å². The molecule has 5 nitrogen and oxygen atoms in total. The standard InChI is InChI=1S/C16H16F3N3O2/c17-16(18,19)13-9-22(5-6-24-13)8-11-7-10-3-1-2-4-12(10)21-14(11)15(20)23/h1-4,7,13H,5-6,8-9H2,(H2,20,23). The second kappa shape index (κ2) is 6.37. The van der Waals surface area contributed by atoms with Gasteiger partial charge >= 0.3 is 6.18 Å². The molecule has 1 amide bonds. The average Bonchev–Trinajstić information content (AvgIpc) is 2.53. The number of primary amides is 1. The molecular weight excluding hydrogens is 323 g/mol. The molecule has 0 aliphatic carbocycles. The fourth-order valence-corrected chi connectivity index (χ4v) is 2.78. The van der Waals surface area contributed by atoms with Gasteiger partial charge in [-0.2, -0.15) is 13.2 Å². The summed E-state index contributed by atoms with van der Waals surface area (Å²) in [6.45, 7) is 0.204. The summed E-state index contributed by atoms with van der Waals surface area (Å²) in [6.07, 6.45) is -6.23. The zero-order chi connectivity index (χ0) is 17.3. The zero-order valence-corrected chi connectivity index (χ0v) is 12.7. The molecule has 24 heavy (non-hydrogen) atoms. The van der Waals surface area contributed by atoms with Crippen LogP contribution in [0.5, 0.6) is 0 Å². The lowest BCUT2D eigenvalue weighted by molar-refractivity contribution is -0.237. The van der Waals surface area contributed by atoms with Crippen LogP contribution in [0.15, 0.2) is 30.3 Å². The minimum absolute atomic E-state index is 0.0168. The molecule has 3 rings (SSSR count). The number of hydrogen-bond donors (Lipinski definition) is 1. The molecule has 8 heteroatoms. The van der Waals surface area contributed by atoms with Crippen LogP contribution < -0.4 is 5.73 Å².